The Morgan fingerprint density at radius 2 is 1.11 bits per heavy atom. The fraction of sp³-hybridized carbons (Fsp3) is 0.167. The average Bonchev–Trinajstić information content (AvgIpc) is 2.87. The van der Waals surface area contributed by atoms with Gasteiger partial charge < -0.3 is 10.4 Å². The summed E-state index contributed by atoms with van der Waals surface area (Å²) in [6.07, 6.45) is -1.33. The van der Waals surface area contributed by atoms with Crippen LogP contribution in [0.2, 0.25) is 0 Å². The zero-order chi connectivity index (χ0) is 24.9. The largest absolute Gasteiger partial charge is 0.378 e. The van der Waals surface area contributed by atoms with E-state index in [4.69, 9.17) is 4.74 Å². The van der Waals surface area contributed by atoms with Crippen LogP contribution in [0.4, 0.5) is 5.69 Å². The summed E-state index contributed by atoms with van der Waals surface area (Å²) in [6, 6.07) is 38.3. The first-order valence-electron chi connectivity index (χ1n) is 11.7. The van der Waals surface area contributed by atoms with Crippen LogP contribution in [0.15, 0.2) is 120 Å². The minimum atomic E-state index is -2.53. The summed E-state index contributed by atoms with van der Waals surface area (Å²) in [6.45, 7) is 5.68. The molecule has 0 aromatic heterocycles. The normalized spacial score (nSPS) is 12.6. The zero-order valence-electron chi connectivity index (χ0n) is 20.3. The SMILES string of the molecule is CC(C)(C)NC(=O)C(O)c1ccccc1N=P(c1ccccc1)(c1ccccc1)c1ccccc1. The highest BCUT2D eigenvalue weighted by atomic mass is 31.2. The molecule has 0 aliphatic rings. The molecule has 1 unspecified atom stereocenters. The van der Waals surface area contributed by atoms with E-state index < -0.39 is 24.6 Å². The maximum atomic E-state index is 12.9. The molecule has 0 fully saturated rings. The lowest BCUT2D eigenvalue weighted by Gasteiger charge is -2.28. The van der Waals surface area contributed by atoms with Crippen molar-refractivity contribution in [3.8, 4) is 0 Å². The number of carbonyl (C=O) groups excluding carboxylic acids is 1. The molecule has 0 saturated carbocycles. The average molecular weight is 483 g/mol. The maximum absolute atomic E-state index is 12.9. The van der Waals surface area contributed by atoms with E-state index in [2.05, 4.69) is 41.7 Å². The molecule has 0 bridgehead atoms. The Morgan fingerprint density at radius 1 is 0.714 bits per heavy atom. The molecule has 2 N–H and O–H groups in total. The van der Waals surface area contributed by atoms with Crippen LogP contribution in [-0.4, -0.2) is 16.6 Å². The monoisotopic (exact) mass is 482 g/mol. The lowest BCUT2D eigenvalue weighted by Crippen LogP contribution is -2.43. The third-order valence-electron chi connectivity index (χ3n) is 5.63. The summed E-state index contributed by atoms with van der Waals surface area (Å²) >= 11 is 0. The van der Waals surface area contributed by atoms with Crippen LogP contribution in [0, 0.1) is 0 Å². The Bertz CT molecular complexity index is 1230. The van der Waals surface area contributed by atoms with Gasteiger partial charge in [-0.1, -0.05) is 109 Å². The van der Waals surface area contributed by atoms with E-state index in [1.165, 1.54) is 0 Å². The highest BCUT2D eigenvalue weighted by molar-refractivity contribution is 7.87. The highest BCUT2D eigenvalue weighted by Crippen LogP contribution is 2.50. The number of benzene rings is 4. The van der Waals surface area contributed by atoms with Gasteiger partial charge in [-0.25, -0.2) is 0 Å². The topological polar surface area (TPSA) is 61.7 Å². The Hall–Kier alpha value is -3.46. The van der Waals surface area contributed by atoms with Crippen LogP contribution in [0.3, 0.4) is 0 Å². The predicted molar refractivity (Wildman–Crippen MR) is 147 cm³/mol. The van der Waals surface area contributed by atoms with E-state index >= 15 is 0 Å². The lowest BCUT2D eigenvalue weighted by molar-refractivity contribution is -0.131. The number of amides is 1. The molecule has 4 aromatic carbocycles. The number of hydrogen-bond donors (Lipinski definition) is 2. The van der Waals surface area contributed by atoms with E-state index in [0.29, 0.717) is 11.3 Å². The highest BCUT2D eigenvalue weighted by Gasteiger charge is 2.29. The first-order chi connectivity index (χ1) is 16.8. The van der Waals surface area contributed by atoms with E-state index in [1.807, 2.05) is 93.6 Å². The summed E-state index contributed by atoms with van der Waals surface area (Å²) in [5.74, 6) is -0.441. The van der Waals surface area contributed by atoms with E-state index in [1.54, 1.807) is 6.07 Å². The van der Waals surface area contributed by atoms with Crippen molar-refractivity contribution in [3.05, 3.63) is 121 Å². The van der Waals surface area contributed by atoms with Gasteiger partial charge >= 0.3 is 0 Å². The number of aliphatic hydroxyl groups is 1. The lowest BCUT2D eigenvalue weighted by atomic mass is 10.0. The second-order valence-corrected chi connectivity index (χ2v) is 12.5. The molecule has 35 heavy (non-hydrogen) atoms. The minimum absolute atomic E-state index is 0.441. The Kier molecular flexibility index (Phi) is 7.35. The Morgan fingerprint density at radius 3 is 1.54 bits per heavy atom. The summed E-state index contributed by atoms with van der Waals surface area (Å²) in [7, 11) is -2.53. The molecule has 0 radical (unpaired) electrons. The van der Waals surface area contributed by atoms with Gasteiger partial charge in [-0.3, -0.25) is 9.54 Å². The number of hydrogen-bond acceptors (Lipinski definition) is 3. The summed E-state index contributed by atoms with van der Waals surface area (Å²) in [5.41, 5.74) is 0.634. The van der Waals surface area contributed by atoms with Gasteiger partial charge in [0, 0.05) is 27.0 Å². The number of nitrogens with zero attached hydrogens (tertiary/aromatic N) is 1. The Balaban J connectivity index is 2.02. The molecule has 0 spiro atoms. The first-order valence-corrected chi connectivity index (χ1v) is 13.4. The van der Waals surface area contributed by atoms with Crippen LogP contribution in [0.1, 0.15) is 32.4 Å². The van der Waals surface area contributed by atoms with Gasteiger partial charge in [0.15, 0.2) is 6.10 Å². The number of carbonyl (C=O) groups is 1. The van der Waals surface area contributed by atoms with Crippen LogP contribution in [0.25, 0.3) is 0 Å². The van der Waals surface area contributed by atoms with Crippen LogP contribution in [0.5, 0.6) is 0 Å². The van der Waals surface area contributed by atoms with Gasteiger partial charge in [0.2, 0.25) is 0 Å². The molecule has 5 heteroatoms. The number of rotatable bonds is 6. The van der Waals surface area contributed by atoms with Crippen LogP contribution < -0.4 is 21.2 Å². The molecular weight excluding hydrogens is 451 g/mol. The number of nitrogens with one attached hydrogen (secondary N) is 1. The van der Waals surface area contributed by atoms with E-state index in [0.717, 1.165) is 15.9 Å². The van der Waals surface area contributed by atoms with Crippen molar-refractivity contribution in [1.82, 2.24) is 5.32 Å². The molecule has 178 valence electrons. The van der Waals surface area contributed by atoms with Gasteiger partial charge in [0.1, 0.15) is 0 Å². The fourth-order valence-electron chi connectivity index (χ4n) is 4.10. The smallest absolute Gasteiger partial charge is 0.253 e. The third kappa shape index (κ3) is 5.45. The molecule has 1 amide bonds. The first kappa shape index (κ1) is 24.7. The van der Waals surface area contributed by atoms with Crippen molar-refractivity contribution >= 4 is 34.6 Å². The fourth-order valence-corrected chi connectivity index (χ4v) is 7.66. The van der Waals surface area contributed by atoms with Crippen LogP contribution >= 0.6 is 7.05 Å². The van der Waals surface area contributed by atoms with Crippen molar-refractivity contribution < 1.29 is 9.90 Å². The van der Waals surface area contributed by atoms with Crippen molar-refractivity contribution in [1.29, 1.82) is 0 Å². The van der Waals surface area contributed by atoms with Crippen molar-refractivity contribution in [2.24, 2.45) is 4.74 Å². The van der Waals surface area contributed by atoms with Crippen molar-refractivity contribution in [3.63, 3.8) is 0 Å². The number of aliphatic hydroxyl groups excluding tert-OH is 1. The molecule has 4 rings (SSSR count). The van der Waals surface area contributed by atoms with Gasteiger partial charge in [0.25, 0.3) is 5.91 Å². The van der Waals surface area contributed by atoms with Crippen molar-refractivity contribution in [2.45, 2.75) is 32.4 Å². The van der Waals surface area contributed by atoms with Gasteiger partial charge in [-0.15, -0.1) is 0 Å². The molecule has 0 heterocycles. The molecule has 0 aliphatic heterocycles. The molecule has 0 saturated heterocycles. The van der Waals surface area contributed by atoms with Gasteiger partial charge in [-0.05, 0) is 26.8 Å². The molecule has 1 atom stereocenters. The predicted octanol–water partition coefficient (Wildman–Crippen LogP) is 5.44. The second kappa shape index (κ2) is 10.4. The molecular formula is C30H31N2O2P. The summed E-state index contributed by atoms with van der Waals surface area (Å²) in [5, 5.41) is 17.3. The maximum Gasteiger partial charge on any atom is 0.253 e. The quantitative estimate of drug-likeness (QED) is 0.359. The minimum Gasteiger partial charge on any atom is -0.378 e. The second-order valence-electron chi connectivity index (χ2n) is 9.44. The van der Waals surface area contributed by atoms with E-state index in [9.17, 15) is 9.90 Å². The summed E-state index contributed by atoms with van der Waals surface area (Å²) < 4.78 is 5.47. The molecule has 4 nitrogen and oxygen atoms in total. The van der Waals surface area contributed by atoms with E-state index in [-0.39, 0.29) is 0 Å². The summed E-state index contributed by atoms with van der Waals surface area (Å²) in [4.78, 5) is 12.9. The Labute approximate surface area is 207 Å². The molecule has 0 aliphatic carbocycles. The van der Waals surface area contributed by atoms with Crippen molar-refractivity contribution in [2.75, 3.05) is 0 Å². The third-order valence-corrected chi connectivity index (χ3v) is 9.28. The zero-order valence-corrected chi connectivity index (χ0v) is 21.2. The standard InChI is InChI=1S/C30H31N2O2P/c1-30(2,3)31-29(34)28(33)26-21-13-14-22-27(26)32-35(23-15-7-4-8-16-23,24-17-9-5-10-18-24)25-19-11-6-12-20-25/h4-22,28,33H,1-3H3,(H,31,34). The molecule has 4 aromatic rings. The van der Waals surface area contributed by atoms with Gasteiger partial charge in [0.05, 0.1) is 12.7 Å². The van der Waals surface area contributed by atoms with Gasteiger partial charge in [-0.2, -0.15) is 0 Å². The van der Waals surface area contributed by atoms with Crippen LogP contribution in [-0.2, 0) is 4.79 Å².